The molecule has 6 nitrogen and oxygen atoms in total. The molecule has 0 amide bonds. The molecule has 0 radical (unpaired) electrons. The van der Waals surface area contributed by atoms with E-state index >= 15 is 0 Å². The summed E-state index contributed by atoms with van der Waals surface area (Å²) in [5.41, 5.74) is 0. The Morgan fingerprint density at radius 2 is 2.31 bits per heavy atom. The molecule has 0 bridgehead atoms. The molecule has 0 aliphatic carbocycles. The fourth-order valence-electron chi connectivity index (χ4n) is 2.04. The van der Waals surface area contributed by atoms with Gasteiger partial charge in [0.1, 0.15) is 0 Å². The molecule has 16 heavy (non-hydrogen) atoms. The van der Waals surface area contributed by atoms with E-state index < -0.39 is 12.1 Å². The zero-order chi connectivity index (χ0) is 11.5. The minimum absolute atomic E-state index is 0.0173. The average molecular weight is 225 g/mol. The summed E-state index contributed by atoms with van der Waals surface area (Å²) in [4.78, 5) is 16.3. The molecule has 0 aromatic carbocycles. The van der Waals surface area contributed by atoms with E-state index in [-0.39, 0.29) is 12.5 Å². The lowest BCUT2D eigenvalue weighted by molar-refractivity contribution is -0.137. The zero-order valence-electron chi connectivity index (χ0n) is 8.86. The molecule has 6 heteroatoms. The predicted molar refractivity (Wildman–Crippen MR) is 56.0 cm³/mol. The van der Waals surface area contributed by atoms with Crippen LogP contribution in [0.5, 0.6) is 0 Å². The van der Waals surface area contributed by atoms with Gasteiger partial charge in [0, 0.05) is 32.0 Å². The molecule has 1 saturated heterocycles. The standard InChI is InChI=1S/C10H15N3O3/c14-9-6-12(3-1-10(15)16)5-8(9)13-4-2-11-7-13/h2,4,7-9,14H,1,3,5-6H2,(H,15,16)/t8-,9+/m1/s1. The Balaban J connectivity index is 1.92. The van der Waals surface area contributed by atoms with Crippen molar-refractivity contribution < 1.29 is 15.0 Å². The molecule has 2 heterocycles. The van der Waals surface area contributed by atoms with E-state index in [1.54, 1.807) is 12.5 Å². The van der Waals surface area contributed by atoms with Crippen LogP contribution in [0, 0.1) is 0 Å². The Labute approximate surface area is 93.1 Å². The average Bonchev–Trinajstić information content (AvgIpc) is 2.83. The lowest BCUT2D eigenvalue weighted by atomic mass is 10.2. The fraction of sp³-hybridized carbons (Fsp3) is 0.600. The van der Waals surface area contributed by atoms with Crippen LogP contribution in [0.15, 0.2) is 18.7 Å². The van der Waals surface area contributed by atoms with Crippen molar-refractivity contribution >= 4 is 5.97 Å². The molecular formula is C10H15N3O3. The van der Waals surface area contributed by atoms with Crippen LogP contribution in [-0.4, -0.2) is 56.4 Å². The van der Waals surface area contributed by atoms with E-state index in [1.807, 2.05) is 15.7 Å². The van der Waals surface area contributed by atoms with Crippen LogP contribution in [0.25, 0.3) is 0 Å². The molecule has 1 aliphatic rings. The first-order valence-electron chi connectivity index (χ1n) is 5.26. The minimum atomic E-state index is -0.805. The zero-order valence-corrected chi connectivity index (χ0v) is 8.86. The van der Waals surface area contributed by atoms with Gasteiger partial charge in [-0.05, 0) is 0 Å². The minimum Gasteiger partial charge on any atom is -0.481 e. The van der Waals surface area contributed by atoms with Gasteiger partial charge in [-0.25, -0.2) is 4.98 Å². The quantitative estimate of drug-likeness (QED) is 0.727. The maximum Gasteiger partial charge on any atom is 0.304 e. The molecule has 1 fully saturated rings. The van der Waals surface area contributed by atoms with Crippen LogP contribution >= 0.6 is 0 Å². The number of rotatable bonds is 4. The Morgan fingerprint density at radius 1 is 1.50 bits per heavy atom. The molecule has 0 saturated carbocycles. The number of β-amino-alcohol motifs (C(OH)–C–C–N with tert-alkyl or cyclic N) is 1. The molecule has 0 spiro atoms. The van der Waals surface area contributed by atoms with Crippen molar-refractivity contribution in [2.24, 2.45) is 0 Å². The number of likely N-dealkylation sites (tertiary alicyclic amines) is 1. The monoisotopic (exact) mass is 225 g/mol. The van der Waals surface area contributed by atoms with E-state index in [2.05, 4.69) is 4.98 Å². The van der Waals surface area contributed by atoms with E-state index in [4.69, 9.17) is 5.11 Å². The molecule has 2 rings (SSSR count). The number of carboxylic acid groups (broad SMARTS) is 1. The Bertz CT molecular complexity index is 352. The number of carbonyl (C=O) groups is 1. The summed E-state index contributed by atoms with van der Waals surface area (Å²) in [7, 11) is 0. The number of aliphatic carboxylic acids is 1. The molecular weight excluding hydrogens is 210 g/mol. The molecule has 1 aliphatic heterocycles. The normalized spacial score (nSPS) is 26.1. The van der Waals surface area contributed by atoms with E-state index in [0.29, 0.717) is 19.6 Å². The predicted octanol–water partition coefficient (Wildman–Crippen LogP) is -0.425. The maximum atomic E-state index is 10.4. The van der Waals surface area contributed by atoms with Gasteiger partial charge in [0.15, 0.2) is 0 Å². The second-order valence-electron chi connectivity index (χ2n) is 4.05. The van der Waals surface area contributed by atoms with Gasteiger partial charge in [-0.1, -0.05) is 0 Å². The first kappa shape index (κ1) is 11.1. The van der Waals surface area contributed by atoms with Gasteiger partial charge in [-0.15, -0.1) is 0 Å². The van der Waals surface area contributed by atoms with Crippen molar-refractivity contribution in [2.75, 3.05) is 19.6 Å². The highest BCUT2D eigenvalue weighted by molar-refractivity contribution is 5.66. The van der Waals surface area contributed by atoms with E-state index in [0.717, 1.165) is 0 Å². The highest BCUT2D eigenvalue weighted by Crippen LogP contribution is 2.21. The Morgan fingerprint density at radius 3 is 2.94 bits per heavy atom. The van der Waals surface area contributed by atoms with Crippen molar-refractivity contribution in [3.05, 3.63) is 18.7 Å². The lowest BCUT2D eigenvalue weighted by Gasteiger charge is -2.15. The first-order chi connectivity index (χ1) is 7.66. The van der Waals surface area contributed by atoms with Gasteiger partial charge < -0.3 is 14.8 Å². The number of aliphatic hydroxyl groups excluding tert-OH is 1. The third kappa shape index (κ3) is 2.40. The SMILES string of the molecule is O=C(O)CCN1C[C@@H](n2ccnc2)[C@@H](O)C1. The van der Waals surface area contributed by atoms with Crippen LogP contribution in [-0.2, 0) is 4.79 Å². The van der Waals surface area contributed by atoms with Crippen molar-refractivity contribution in [3.8, 4) is 0 Å². The third-order valence-electron chi connectivity index (χ3n) is 2.88. The van der Waals surface area contributed by atoms with Gasteiger partial charge in [0.05, 0.1) is 24.9 Å². The largest absolute Gasteiger partial charge is 0.481 e. The molecule has 88 valence electrons. The van der Waals surface area contributed by atoms with Gasteiger partial charge in [0.25, 0.3) is 0 Å². The number of aromatic nitrogens is 2. The van der Waals surface area contributed by atoms with Gasteiger partial charge in [-0.2, -0.15) is 0 Å². The summed E-state index contributed by atoms with van der Waals surface area (Å²) in [6.45, 7) is 1.68. The smallest absolute Gasteiger partial charge is 0.304 e. The summed E-state index contributed by atoms with van der Waals surface area (Å²) in [6.07, 6.45) is 4.82. The summed E-state index contributed by atoms with van der Waals surface area (Å²) in [5, 5.41) is 18.4. The fourth-order valence-corrected chi connectivity index (χ4v) is 2.04. The summed E-state index contributed by atoms with van der Waals surface area (Å²) in [6, 6.07) is -0.0173. The lowest BCUT2D eigenvalue weighted by Crippen LogP contribution is -2.24. The summed E-state index contributed by atoms with van der Waals surface area (Å²) >= 11 is 0. The molecule has 2 atom stereocenters. The van der Waals surface area contributed by atoms with Crippen LogP contribution in [0.2, 0.25) is 0 Å². The van der Waals surface area contributed by atoms with Crippen LogP contribution in [0.4, 0.5) is 0 Å². The Kier molecular flexibility index (Phi) is 3.21. The van der Waals surface area contributed by atoms with Crippen LogP contribution in [0.3, 0.4) is 0 Å². The van der Waals surface area contributed by atoms with Gasteiger partial charge in [0.2, 0.25) is 0 Å². The highest BCUT2D eigenvalue weighted by Gasteiger charge is 2.32. The highest BCUT2D eigenvalue weighted by atomic mass is 16.4. The van der Waals surface area contributed by atoms with Crippen molar-refractivity contribution in [1.82, 2.24) is 14.5 Å². The number of nitrogens with zero attached hydrogens (tertiary/aromatic N) is 3. The van der Waals surface area contributed by atoms with Crippen LogP contribution in [0.1, 0.15) is 12.5 Å². The molecule has 2 N–H and O–H groups in total. The van der Waals surface area contributed by atoms with Crippen LogP contribution < -0.4 is 0 Å². The summed E-state index contributed by atoms with van der Waals surface area (Å²) < 4.78 is 1.87. The molecule has 1 aromatic heterocycles. The van der Waals surface area contributed by atoms with Crippen molar-refractivity contribution in [1.29, 1.82) is 0 Å². The van der Waals surface area contributed by atoms with E-state index in [1.165, 1.54) is 0 Å². The number of imidazole rings is 1. The van der Waals surface area contributed by atoms with Crippen molar-refractivity contribution in [3.63, 3.8) is 0 Å². The number of aliphatic hydroxyl groups is 1. The van der Waals surface area contributed by atoms with E-state index in [9.17, 15) is 9.90 Å². The Hall–Kier alpha value is -1.40. The molecule has 1 aromatic rings. The second-order valence-corrected chi connectivity index (χ2v) is 4.05. The second kappa shape index (κ2) is 4.63. The summed E-state index contributed by atoms with van der Waals surface area (Å²) in [5.74, 6) is -0.805. The topological polar surface area (TPSA) is 78.6 Å². The maximum absolute atomic E-state index is 10.4. The number of carboxylic acids is 1. The van der Waals surface area contributed by atoms with Gasteiger partial charge >= 0.3 is 5.97 Å². The first-order valence-corrected chi connectivity index (χ1v) is 5.26. The molecule has 0 unspecified atom stereocenters. The van der Waals surface area contributed by atoms with Crippen molar-refractivity contribution in [2.45, 2.75) is 18.6 Å². The van der Waals surface area contributed by atoms with Gasteiger partial charge in [-0.3, -0.25) is 9.69 Å². The third-order valence-corrected chi connectivity index (χ3v) is 2.88. The number of hydrogen-bond acceptors (Lipinski definition) is 4. The number of hydrogen-bond donors (Lipinski definition) is 2.